The molecule has 1 saturated heterocycles. The number of para-hydroxylation sites is 1. The zero-order valence-corrected chi connectivity index (χ0v) is 11.5. The number of nitrogens with one attached hydrogen (secondary N) is 1. The van der Waals surface area contributed by atoms with E-state index in [1.54, 1.807) is 0 Å². The van der Waals surface area contributed by atoms with Crippen LogP contribution in [0.2, 0.25) is 0 Å². The highest BCUT2D eigenvalue weighted by Gasteiger charge is 2.37. The summed E-state index contributed by atoms with van der Waals surface area (Å²) < 4.78 is 0. The Hall–Kier alpha value is -2.37. The van der Waals surface area contributed by atoms with Gasteiger partial charge >= 0.3 is 0 Å². The summed E-state index contributed by atoms with van der Waals surface area (Å²) in [6.07, 6.45) is 1.43. The number of rotatable bonds is 2. The molecule has 110 valence electrons. The minimum absolute atomic E-state index is 0.225. The van der Waals surface area contributed by atoms with Crippen molar-refractivity contribution < 1.29 is 14.4 Å². The lowest BCUT2D eigenvalue weighted by Crippen LogP contribution is -2.54. The first-order valence-electron chi connectivity index (χ1n) is 7.06. The number of carbonyl (C=O) groups is 3. The molecule has 0 spiro atoms. The topological polar surface area (TPSA) is 92.5 Å². The average molecular weight is 287 g/mol. The molecule has 2 heterocycles. The predicted molar refractivity (Wildman–Crippen MR) is 76.5 cm³/mol. The Morgan fingerprint density at radius 2 is 2.00 bits per heavy atom. The van der Waals surface area contributed by atoms with Crippen LogP contribution in [0.4, 0.5) is 5.69 Å². The fraction of sp³-hybridized carbons (Fsp3) is 0.400. The molecule has 2 aliphatic rings. The van der Waals surface area contributed by atoms with Crippen molar-refractivity contribution in [2.45, 2.75) is 31.2 Å². The molecule has 1 fully saturated rings. The second kappa shape index (κ2) is 5.20. The summed E-state index contributed by atoms with van der Waals surface area (Å²) in [6.45, 7) is 0.580. The maximum Gasteiger partial charge on any atom is 0.249 e. The van der Waals surface area contributed by atoms with Gasteiger partial charge in [0.05, 0.1) is 5.92 Å². The van der Waals surface area contributed by atoms with Crippen molar-refractivity contribution in [1.82, 2.24) is 5.32 Å². The van der Waals surface area contributed by atoms with Crippen LogP contribution in [0.25, 0.3) is 0 Å². The Bertz CT molecular complexity index is 614. The van der Waals surface area contributed by atoms with Gasteiger partial charge in [-0.2, -0.15) is 0 Å². The van der Waals surface area contributed by atoms with Gasteiger partial charge in [0.1, 0.15) is 6.04 Å². The van der Waals surface area contributed by atoms with Crippen molar-refractivity contribution in [3.05, 3.63) is 29.8 Å². The number of hydrogen-bond acceptors (Lipinski definition) is 4. The second-order valence-corrected chi connectivity index (χ2v) is 5.46. The fourth-order valence-corrected chi connectivity index (χ4v) is 3.19. The summed E-state index contributed by atoms with van der Waals surface area (Å²) in [7, 11) is 0. The van der Waals surface area contributed by atoms with Crippen LogP contribution < -0.4 is 16.0 Å². The molecule has 3 N–H and O–H groups in total. The van der Waals surface area contributed by atoms with E-state index in [1.807, 2.05) is 29.2 Å². The number of primary amides is 1. The molecular weight excluding hydrogens is 270 g/mol. The average Bonchev–Trinajstić information content (AvgIpc) is 2.46. The highest BCUT2D eigenvalue weighted by Crippen LogP contribution is 2.37. The van der Waals surface area contributed by atoms with Crippen LogP contribution in [-0.2, 0) is 14.4 Å². The van der Waals surface area contributed by atoms with Crippen LogP contribution in [0, 0.1) is 0 Å². The van der Waals surface area contributed by atoms with E-state index in [1.165, 1.54) is 0 Å². The summed E-state index contributed by atoms with van der Waals surface area (Å²) in [6, 6.07) is 7.15. The second-order valence-electron chi connectivity index (χ2n) is 5.46. The summed E-state index contributed by atoms with van der Waals surface area (Å²) in [5.74, 6) is -1.15. The van der Waals surface area contributed by atoms with Gasteiger partial charge in [0.25, 0.3) is 0 Å². The third kappa shape index (κ3) is 2.37. The quantitative estimate of drug-likeness (QED) is 0.764. The molecule has 21 heavy (non-hydrogen) atoms. The lowest BCUT2D eigenvalue weighted by molar-refractivity contribution is -0.134. The van der Waals surface area contributed by atoms with Gasteiger partial charge in [0.2, 0.25) is 17.7 Å². The molecule has 0 aromatic heterocycles. The lowest BCUT2D eigenvalue weighted by atomic mass is 9.87. The normalized spacial score (nSPS) is 25.2. The minimum Gasteiger partial charge on any atom is -0.369 e. The van der Waals surface area contributed by atoms with Crippen LogP contribution in [0.15, 0.2) is 24.3 Å². The van der Waals surface area contributed by atoms with Gasteiger partial charge in [-0.1, -0.05) is 18.2 Å². The maximum absolute atomic E-state index is 12.1. The van der Waals surface area contributed by atoms with E-state index < -0.39 is 0 Å². The van der Waals surface area contributed by atoms with E-state index in [0.717, 1.165) is 11.3 Å². The summed E-state index contributed by atoms with van der Waals surface area (Å²) in [4.78, 5) is 36.9. The lowest BCUT2D eigenvalue weighted by Gasteiger charge is -2.40. The molecule has 2 atom stereocenters. The van der Waals surface area contributed by atoms with E-state index in [-0.39, 0.29) is 29.7 Å². The molecule has 1 aromatic carbocycles. The van der Waals surface area contributed by atoms with Gasteiger partial charge in [-0.3, -0.25) is 19.7 Å². The maximum atomic E-state index is 12.1. The Kier molecular flexibility index (Phi) is 3.37. The minimum atomic E-state index is -0.363. The van der Waals surface area contributed by atoms with Gasteiger partial charge in [0, 0.05) is 18.7 Å². The summed E-state index contributed by atoms with van der Waals surface area (Å²) in [5, 5.41) is 2.38. The molecule has 1 aromatic rings. The van der Waals surface area contributed by atoms with Crippen LogP contribution in [-0.4, -0.2) is 30.3 Å². The number of anilines is 1. The molecular formula is C15H17N3O3. The third-order valence-corrected chi connectivity index (χ3v) is 4.21. The number of amides is 3. The Morgan fingerprint density at radius 1 is 1.24 bits per heavy atom. The van der Waals surface area contributed by atoms with Gasteiger partial charge in [-0.05, 0) is 24.5 Å². The zero-order chi connectivity index (χ0) is 15.0. The van der Waals surface area contributed by atoms with Crippen molar-refractivity contribution in [1.29, 1.82) is 0 Å². The predicted octanol–water partition coefficient (Wildman–Crippen LogP) is 0.271. The SMILES string of the molecule is NC(=O)C1CCN([C@@H]2CCC(=O)NC2=O)c2ccccc21. The molecule has 3 amide bonds. The van der Waals surface area contributed by atoms with Gasteiger partial charge in [-0.25, -0.2) is 0 Å². The number of nitrogens with zero attached hydrogens (tertiary/aromatic N) is 1. The van der Waals surface area contributed by atoms with Gasteiger partial charge in [-0.15, -0.1) is 0 Å². The zero-order valence-electron chi connectivity index (χ0n) is 11.5. The Balaban J connectivity index is 1.94. The van der Waals surface area contributed by atoms with Crippen LogP contribution in [0.3, 0.4) is 0 Å². The number of piperidine rings is 1. The fourth-order valence-electron chi connectivity index (χ4n) is 3.19. The van der Waals surface area contributed by atoms with Gasteiger partial charge in [0.15, 0.2) is 0 Å². The molecule has 3 rings (SSSR count). The van der Waals surface area contributed by atoms with E-state index in [9.17, 15) is 14.4 Å². The van der Waals surface area contributed by atoms with Crippen molar-refractivity contribution >= 4 is 23.4 Å². The molecule has 0 aliphatic carbocycles. The molecule has 0 bridgehead atoms. The monoisotopic (exact) mass is 287 g/mol. The summed E-state index contributed by atoms with van der Waals surface area (Å²) in [5.41, 5.74) is 7.20. The van der Waals surface area contributed by atoms with Crippen molar-refractivity contribution in [3.8, 4) is 0 Å². The first-order chi connectivity index (χ1) is 10.1. The number of carbonyl (C=O) groups excluding carboxylic acids is 3. The van der Waals surface area contributed by atoms with Gasteiger partial charge < -0.3 is 10.6 Å². The molecule has 0 saturated carbocycles. The third-order valence-electron chi connectivity index (χ3n) is 4.21. The smallest absolute Gasteiger partial charge is 0.249 e. The molecule has 2 aliphatic heterocycles. The summed E-state index contributed by atoms with van der Waals surface area (Å²) >= 11 is 0. The number of imide groups is 1. The Labute approximate surface area is 122 Å². The molecule has 6 heteroatoms. The van der Waals surface area contributed by atoms with E-state index in [0.29, 0.717) is 25.8 Å². The standard InChI is InChI=1S/C15H17N3O3/c16-14(20)10-7-8-18(11-4-2-1-3-9(10)11)12-5-6-13(19)17-15(12)21/h1-4,10,12H,5-8H2,(H2,16,20)(H,17,19,21)/t10?,12-/m1/s1. The highest BCUT2D eigenvalue weighted by atomic mass is 16.2. The van der Waals surface area contributed by atoms with E-state index in [4.69, 9.17) is 5.73 Å². The van der Waals surface area contributed by atoms with E-state index >= 15 is 0 Å². The number of fused-ring (bicyclic) bond motifs is 1. The number of nitrogens with two attached hydrogens (primary N) is 1. The first kappa shape index (κ1) is 13.6. The van der Waals surface area contributed by atoms with Crippen molar-refractivity contribution in [2.75, 3.05) is 11.4 Å². The van der Waals surface area contributed by atoms with E-state index in [2.05, 4.69) is 5.32 Å². The number of benzene rings is 1. The first-order valence-corrected chi connectivity index (χ1v) is 7.06. The molecule has 6 nitrogen and oxygen atoms in total. The van der Waals surface area contributed by atoms with Crippen LogP contribution in [0.5, 0.6) is 0 Å². The van der Waals surface area contributed by atoms with Crippen molar-refractivity contribution in [3.63, 3.8) is 0 Å². The highest BCUT2D eigenvalue weighted by molar-refractivity contribution is 6.02. The molecule has 0 radical (unpaired) electrons. The number of hydrogen-bond donors (Lipinski definition) is 2. The van der Waals surface area contributed by atoms with Crippen LogP contribution >= 0.6 is 0 Å². The van der Waals surface area contributed by atoms with Crippen LogP contribution in [0.1, 0.15) is 30.7 Å². The largest absolute Gasteiger partial charge is 0.369 e. The van der Waals surface area contributed by atoms with Crippen molar-refractivity contribution in [2.24, 2.45) is 5.73 Å². The molecule has 1 unspecified atom stereocenters. The Morgan fingerprint density at radius 3 is 2.71 bits per heavy atom.